The Morgan fingerprint density at radius 1 is 1.18 bits per heavy atom. The van der Waals surface area contributed by atoms with E-state index in [1.807, 2.05) is 5.01 Å². The van der Waals surface area contributed by atoms with Crippen LogP contribution >= 0.6 is 11.6 Å². The van der Waals surface area contributed by atoms with Crippen molar-refractivity contribution in [2.24, 2.45) is 0 Å². The second kappa shape index (κ2) is 12.7. The minimum Gasteiger partial charge on any atom is -0.434 e. The van der Waals surface area contributed by atoms with Crippen LogP contribution in [0.2, 0.25) is 5.02 Å². The van der Waals surface area contributed by atoms with E-state index >= 15 is 0 Å². The second-order valence-corrected chi connectivity index (χ2v) is 10.9. The van der Waals surface area contributed by atoms with E-state index < -0.39 is 18.6 Å². The van der Waals surface area contributed by atoms with Crippen molar-refractivity contribution in [1.29, 1.82) is 0 Å². The molecule has 6 rings (SSSR count). The first-order valence-corrected chi connectivity index (χ1v) is 14.5. The van der Waals surface area contributed by atoms with Crippen LogP contribution < -0.4 is 10.1 Å². The Kier molecular flexibility index (Phi) is 8.60. The highest BCUT2D eigenvalue weighted by Gasteiger charge is 2.32. The van der Waals surface area contributed by atoms with Crippen LogP contribution in [0, 0.1) is 0 Å². The fourth-order valence-electron chi connectivity index (χ4n) is 5.39. The van der Waals surface area contributed by atoms with E-state index in [9.17, 15) is 28.3 Å². The molecule has 1 atom stereocenters. The van der Waals surface area contributed by atoms with Crippen LogP contribution in [-0.2, 0) is 16.1 Å². The molecule has 0 radical (unpaired) electrons. The average Bonchev–Trinajstić information content (AvgIpc) is 3.62. The Morgan fingerprint density at radius 3 is 2.73 bits per heavy atom. The normalized spacial score (nSPS) is 17.7. The highest BCUT2D eigenvalue weighted by atomic mass is 35.5. The van der Waals surface area contributed by atoms with Crippen molar-refractivity contribution in [3.05, 3.63) is 59.6 Å². The van der Waals surface area contributed by atoms with Crippen LogP contribution in [0.15, 0.2) is 49.1 Å². The number of nitrogens with one attached hydrogen (secondary N) is 1. The lowest BCUT2D eigenvalue weighted by atomic mass is 10.1. The summed E-state index contributed by atoms with van der Waals surface area (Å²) in [7, 11) is 0. The van der Waals surface area contributed by atoms with Gasteiger partial charge in [-0.3, -0.25) is 24.1 Å². The van der Waals surface area contributed by atoms with E-state index in [4.69, 9.17) is 16.3 Å². The number of amides is 3. The molecule has 1 aromatic carbocycles. The van der Waals surface area contributed by atoms with Gasteiger partial charge < -0.3 is 20.1 Å². The molecule has 5 heterocycles. The predicted octanol–water partition coefficient (Wildman–Crippen LogP) is 2.14. The van der Waals surface area contributed by atoms with Crippen molar-refractivity contribution in [3.8, 4) is 17.0 Å². The zero-order valence-electron chi connectivity index (χ0n) is 23.7. The third-order valence-electron chi connectivity index (χ3n) is 7.57. The molecule has 2 N–H and O–H groups in total. The van der Waals surface area contributed by atoms with Gasteiger partial charge in [-0.05, 0) is 30.7 Å². The summed E-state index contributed by atoms with van der Waals surface area (Å²) in [6.45, 7) is -1.36. The molecule has 0 spiro atoms. The molecule has 2 aliphatic rings. The van der Waals surface area contributed by atoms with Gasteiger partial charge in [0.25, 0.3) is 5.91 Å². The van der Waals surface area contributed by atoms with E-state index in [2.05, 4.69) is 20.5 Å². The molecule has 3 amide bonds. The quantitative estimate of drug-likeness (QED) is 0.294. The first kappa shape index (κ1) is 30.4. The van der Waals surface area contributed by atoms with Gasteiger partial charge in [-0.1, -0.05) is 11.6 Å². The number of halogens is 3. The Labute approximate surface area is 259 Å². The summed E-state index contributed by atoms with van der Waals surface area (Å²) in [5, 5.41) is 24.8. The molecule has 3 aromatic heterocycles. The van der Waals surface area contributed by atoms with Crippen LogP contribution in [0.4, 0.5) is 14.5 Å². The number of carbonyl (C=O) groups excluding carboxylic acids is 3. The standard InChI is InChI=1S/C28H28ClF2N9O5/c29-17-2-3-22(45-28(30)31)19(12-17)25-21(34-27(44)20-14-33-39-6-1-5-32-26(20)39)15-37(35-25)16-24(43)36-8-10-38(11-9-36)40-7-4-18(41)13-23(40)42/h1-3,5-6,12,14-15,18,28,41H,4,7-11,13,16H2,(H,34,44). The number of aromatic nitrogens is 5. The molecular formula is C28H28ClF2N9O5. The topological polar surface area (TPSA) is 150 Å². The number of fused-ring (bicyclic) bond motifs is 1. The summed E-state index contributed by atoms with van der Waals surface area (Å²) in [5.41, 5.74) is 0.687. The van der Waals surface area contributed by atoms with E-state index in [0.717, 1.165) is 0 Å². The van der Waals surface area contributed by atoms with Crippen molar-refractivity contribution < 1.29 is 33.0 Å². The number of piperazine rings is 1. The number of hydrogen-bond acceptors (Lipinski definition) is 9. The lowest BCUT2D eigenvalue weighted by molar-refractivity contribution is -0.162. The van der Waals surface area contributed by atoms with Crippen LogP contribution in [-0.4, -0.2) is 108 Å². The highest BCUT2D eigenvalue weighted by Crippen LogP contribution is 2.37. The van der Waals surface area contributed by atoms with Gasteiger partial charge >= 0.3 is 6.61 Å². The number of aliphatic hydroxyl groups is 1. The van der Waals surface area contributed by atoms with Crippen molar-refractivity contribution >= 4 is 40.7 Å². The summed E-state index contributed by atoms with van der Waals surface area (Å²) in [6.07, 6.45) is 5.84. The number of benzene rings is 1. The first-order chi connectivity index (χ1) is 21.7. The van der Waals surface area contributed by atoms with E-state index in [1.54, 1.807) is 22.2 Å². The fraction of sp³-hybridized carbons (Fsp3) is 0.357. The molecule has 2 saturated heterocycles. The molecule has 0 saturated carbocycles. The third kappa shape index (κ3) is 6.57. The Morgan fingerprint density at radius 2 is 1.98 bits per heavy atom. The van der Waals surface area contributed by atoms with Crippen molar-refractivity contribution in [1.82, 2.24) is 39.3 Å². The van der Waals surface area contributed by atoms with Gasteiger partial charge in [0.2, 0.25) is 11.8 Å². The molecule has 1 unspecified atom stereocenters. The zero-order chi connectivity index (χ0) is 31.7. The van der Waals surface area contributed by atoms with E-state index in [1.165, 1.54) is 46.0 Å². The number of ether oxygens (including phenoxy) is 1. The summed E-state index contributed by atoms with van der Waals surface area (Å²) in [6, 6.07) is 5.68. The summed E-state index contributed by atoms with van der Waals surface area (Å²) in [5.74, 6) is -1.24. The molecular weight excluding hydrogens is 616 g/mol. The number of piperidine rings is 1. The Balaban J connectivity index is 1.23. The Hall–Kier alpha value is -4.67. The molecule has 2 fully saturated rings. The first-order valence-electron chi connectivity index (χ1n) is 14.1. The van der Waals surface area contributed by atoms with Gasteiger partial charge in [-0.2, -0.15) is 19.0 Å². The molecule has 4 aromatic rings. The molecule has 14 nitrogen and oxygen atoms in total. The van der Waals surface area contributed by atoms with Gasteiger partial charge in [0.1, 0.15) is 23.6 Å². The largest absolute Gasteiger partial charge is 0.434 e. The van der Waals surface area contributed by atoms with Crippen molar-refractivity contribution in [2.75, 3.05) is 38.0 Å². The smallest absolute Gasteiger partial charge is 0.387 e. The van der Waals surface area contributed by atoms with Crippen LogP contribution in [0.3, 0.4) is 0 Å². The molecule has 45 heavy (non-hydrogen) atoms. The molecule has 2 aliphatic heterocycles. The summed E-state index contributed by atoms with van der Waals surface area (Å²) >= 11 is 6.20. The third-order valence-corrected chi connectivity index (χ3v) is 7.80. The maximum Gasteiger partial charge on any atom is 0.387 e. The van der Waals surface area contributed by atoms with Crippen molar-refractivity contribution in [3.63, 3.8) is 0 Å². The minimum atomic E-state index is -3.14. The molecule has 236 valence electrons. The predicted molar refractivity (Wildman–Crippen MR) is 155 cm³/mol. The van der Waals surface area contributed by atoms with Gasteiger partial charge in [-0.15, -0.1) is 0 Å². The lowest BCUT2D eigenvalue weighted by Crippen LogP contribution is -2.58. The zero-order valence-corrected chi connectivity index (χ0v) is 24.5. The van der Waals surface area contributed by atoms with Crippen LogP contribution in [0.5, 0.6) is 5.75 Å². The molecule has 0 aliphatic carbocycles. The van der Waals surface area contributed by atoms with Crippen LogP contribution in [0.25, 0.3) is 16.9 Å². The Bertz CT molecular complexity index is 1740. The summed E-state index contributed by atoms with van der Waals surface area (Å²) < 4.78 is 34.0. The SMILES string of the molecule is O=C(Nc1cn(CC(=O)N2CCN(N3CCC(O)CC3=O)CC2)nc1-c1cc(Cl)ccc1OC(F)F)c1cnn2cccnc12. The highest BCUT2D eigenvalue weighted by molar-refractivity contribution is 6.31. The number of aliphatic hydroxyl groups excluding tert-OH is 1. The number of hydrazine groups is 1. The number of rotatable bonds is 8. The lowest BCUT2D eigenvalue weighted by Gasteiger charge is -2.43. The van der Waals surface area contributed by atoms with Gasteiger partial charge in [-0.25, -0.2) is 14.5 Å². The fourth-order valence-corrected chi connectivity index (χ4v) is 5.56. The maximum atomic E-state index is 13.3. The van der Waals surface area contributed by atoms with Crippen molar-refractivity contribution in [2.45, 2.75) is 32.1 Å². The van der Waals surface area contributed by atoms with Gasteiger partial charge in [0.05, 0.1) is 24.4 Å². The number of carbonyl (C=O) groups is 3. The minimum absolute atomic E-state index is 0.0503. The number of anilines is 1. The molecule has 17 heteroatoms. The maximum absolute atomic E-state index is 13.3. The summed E-state index contributed by atoms with van der Waals surface area (Å²) in [4.78, 5) is 44.9. The van der Waals surface area contributed by atoms with E-state index in [-0.39, 0.29) is 58.1 Å². The molecule has 0 bridgehead atoms. The number of hydrogen-bond donors (Lipinski definition) is 2. The van der Waals surface area contributed by atoms with Gasteiger partial charge in [0.15, 0.2) is 5.65 Å². The number of alkyl halides is 2. The van der Waals surface area contributed by atoms with Gasteiger partial charge in [0, 0.05) is 61.9 Å². The number of nitrogens with zero attached hydrogens (tertiary/aromatic N) is 8. The monoisotopic (exact) mass is 643 g/mol. The van der Waals surface area contributed by atoms with E-state index in [0.29, 0.717) is 44.8 Å². The second-order valence-electron chi connectivity index (χ2n) is 10.5. The van der Waals surface area contributed by atoms with Crippen LogP contribution in [0.1, 0.15) is 23.2 Å². The average molecular weight is 644 g/mol.